The maximum Gasteiger partial charge on any atom is -1.00 e. The van der Waals surface area contributed by atoms with Gasteiger partial charge in [0.2, 0.25) is 0 Å². The number of aromatic amines is 1. The third kappa shape index (κ3) is 3.37. The fraction of sp³-hybridized carbons (Fsp3) is 0.222. The number of H-pyrrole nitrogens is 1. The number of rotatable bonds is 0. The predicted octanol–water partition coefficient (Wildman–Crippen LogP) is -7.64. The molecule has 1 aromatic heterocycles. The molecule has 1 heterocycles. The first kappa shape index (κ1) is 17.7. The molecular formula is C9H9Cl3N2Ti. The normalized spacial score (nSPS) is 8.80. The molecule has 0 fully saturated rings. The molecule has 0 aliphatic carbocycles. The monoisotopic (exact) mass is 298 g/mol. The second-order valence-corrected chi connectivity index (χ2v) is 3.82. The molecule has 1 N–H and O–H groups in total. The molecule has 80 valence electrons. The maximum absolute atomic E-state index is 4.17. The zero-order chi connectivity index (χ0) is 8.72. The number of fused-ring (bicyclic) bond motifs is 1. The number of hydrogen-bond donors (Lipinski definition) is 1. The molecule has 15 heavy (non-hydrogen) atoms. The van der Waals surface area contributed by atoms with Crippen LogP contribution in [0.3, 0.4) is 0 Å². The first-order valence-electron chi connectivity index (χ1n) is 3.85. The van der Waals surface area contributed by atoms with Crippen LogP contribution in [0.4, 0.5) is 0 Å². The first-order chi connectivity index (χ1) is 5.68. The summed E-state index contributed by atoms with van der Waals surface area (Å²) in [6, 6.07) is 4.33. The van der Waals surface area contributed by atoms with Crippen LogP contribution < -0.4 is 41.2 Å². The molecule has 0 amide bonds. The molecule has 2 nitrogen and oxygen atoms in total. The quantitative estimate of drug-likeness (QED) is 0.481. The topological polar surface area (TPSA) is 28.7 Å². The van der Waals surface area contributed by atoms with Crippen molar-refractivity contribution in [1.29, 1.82) is 0 Å². The van der Waals surface area contributed by atoms with Gasteiger partial charge in [-0.25, -0.2) is 0 Å². The van der Waals surface area contributed by atoms with Crippen molar-refractivity contribution >= 4 is 14.9 Å². The Morgan fingerprint density at radius 3 is 2.33 bits per heavy atom. The number of hydrogen-bond acceptors (Lipinski definition) is 1. The molecule has 0 radical (unpaired) electrons. The van der Waals surface area contributed by atoms with Gasteiger partial charge in [0, 0.05) is 0 Å². The van der Waals surface area contributed by atoms with Crippen LogP contribution in [-0.4, -0.2) is 10.2 Å². The third-order valence-corrected chi connectivity index (χ3v) is 2.61. The van der Waals surface area contributed by atoms with Crippen LogP contribution in [0.1, 0.15) is 11.1 Å². The van der Waals surface area contributed by atoms with E-state index in [1.807, 2.05) is 20.4 Å². The summed E-state index contributed by atoms with van der Waals surface area (Å²) in [5, 5.41) is 8.45. The van der Waals surface area contributed by atoms with E-state index < -0.39 is 0 Å². The summed E-state index contributed by atoms with van der Waals surface area (Å²) in [6.07, 6.45) is 0. The van der Waals surface area contributed by atoms with E-state index in [0.29, 0.717) is 0 Å². The minimum absolute atomic E-state index is 0. The van der Waals surface area contributed by atoms with Gasteiger partial charge in [-0.1, -0.05) is 0 Å². The number of aryl methyl sites for hydroxylation is 2. The van der Waals surface area contributed by atoms with Crippen molar-refractivity contribution in [2.24, 2.45) is 0 Å². The van der Waals surface area contributed by atoms with Crippen molar-refractivity contribution in [2.75, 3.05) is 0 Å². The molecule has 0 unspecified atom stereocenters. The second kappa shape index (κ2) is 6.77. The van der Waals surface area contributed by atoms with Crippen LogP contribution in [-0.2, 0) is 20.4 Å². The first-order valence-corrected chi connectivity index (χ1v) is 4.63. The Morgan fingerprint density at radius 1 is 1.13 bits per heavy atom. The Labute approximate surface area is 119 Å². The van der Waals surface area contributed by atoms with E-state index in [2.05, 4.69) is 36.2 Å². The molecule has 0 bridgehead atoms. The molecule has 2 aromatic rings. The number of aromatic nitrogens is 2. The van der Waals surface area contributed by atoms with Crippen LogP contribution >= 0.6 is 0 Å². The fourth-order valence-electron chi connectivity index (χ4n) is 1.47. The van der Waals surface area contributed by atoms with Crippen molar-refractivity contribution in [3.63, 3.8) is 0 Å². The van der Waals surface area contributed by atoms with Crippen molar-refractivity contribution in [3.8, 4) is 0 Å². The van der Waals surface area contributed by atoms with Crippen molar-refractivity contribution in [3.05, 3.63) is 23.3 Å². The Bertz CT molecular complexity index is 442. The standard InChI is InChI=1S/C9H9N2.3ClH.Ti/c1-6-3-7(2)9-8(4-6)5-10-11-9;;;;/h3-4H,1-2H3,(H,10,11);3*1H;/q;;;;+3/p-3. The van der Waals surface area contributed by atoms with E-state index >= 15 is 0 Å². The molecule has 0 atom stereocenters. The maximum atomic E-state index is 4.17. The predicted molar refractivity (Wildman–Crippen MR) is 45.2 cm³/mol. The summed E-state index contributed by atoms with van der Waals surface area (Å²) in [4.78, 5) is 0. The van der Waals surface area contributed by atoms with Crippen molar-refractivity contribution < 1.29 is 57.7 Å². The molecule has 0 aliphatic heterocycles. The van der Waals surface area contributed by atoms with Gasteiger partial charge in [-0.05, 0) is 0 Å². The van der Waals surface area contributed by atoms with Crippen molar-refractivity contribution in [1.82, 2.24) is 10.2 Å². The van der Waals surface area contributed by atoms with Crippen LogP contribution in [0.5, 0.6) is 0 Å². The minimum Gasteiger partial charge on any atom is -1.00 e. The van der Waals surface area contributed by atoms with E-state index in [1.165, 1.54) is 16.5 Å². The summed E-state index contributed by atoms with van der Waals surface area (Å²) in [5.41, 5.74) is 3.73. The average molecular weight is 299 g/mol. The fourth-order valence-corrected chi connectivity index (χ4v) is 1.87. The van der Waals surface area contributed by atoms with Crippen molar-refractivity contribution in [2.45, 2.75) is 13.8 Å². The van der Waals surface area contributed by atoms with Crippen LogP contribution in [0, 0.1) is 13.8 Å². The summed E-state index contributed by atoms with van der Waals surface area (Å²) >= 11 is 2.03. The van der Waals surface area contributed by atoms with Crippen LogP contribution in [0.2, 0.25) is 0 Å². The number of halogens is 3. The average Bonchev–Trinajstić information content (AvgIpc) is 2.33. The van der Waals surface area contributed by atoms with E-state index in [4.69, 9.17) is 0 Å². The molecule has 6 heteroatoms. The molecule has 1 aromatic carbocycles. The molecule has 0 aliphatic rings. The van der Waals surface area contributed by atoms with E-state index in [9.17, 15) is 0 Å². The molecular weight excluding hydrogens is 290 g/mol. The van der Waals surface area contributed by atoms with Gasteiger partial charge in [-0.2, -0.15) is 0 Å². The Kier molecular flexibility index (Phi) is 7.97. The zero-order valence-corrected chi connectivity index (χ0v) is 12.1. The molecule has 2 rings (SSSR count). The number of nitrogens with zero attached hydrogens (tertiary/aromatic N) is 1. The smallest absolute Gasteiger partial charge is 1.00 e. The van der Waals surface area contributed by atoms with Gasteiger partial charge < -0.3 is 37.2 Å². The second-order valence-electron chi connectivity index (χ2n) is 3.08. The molecule has 0 spiro atoms. The van der Waals surface area contributed by atoms with E-state index in [0.717, 1.165) is 9.52 Å². The van der Waals surface area contributed by atoms with Gasteiger partial charge in [0.15, 0.2) is 0 Å². The van der Waals surface area contributed by atoms with Crippen LogP contribution in [0.25, 0.3) is 10.9 Å². The van der Waals surface area contributed by atoms with Crippen LogP contribution in [0.15, 0.2) is 12.1 Å². The summed E-state index contributed by atoms with van der Waals surface area (Å²) in [6.45, 7) is 4.21. The summed E-state index contributed by atoms with van der Waals surface area (Å²) < 4.78 is 1.08. The van der Waals surface area contributed by atoms with Gasteiger partial charge in [0.25, 0.3) is 0 Å². The largest absolute Gasteiger partial charge is 1.00 e. The number of benzene rings is 1. The van der Waals surface area contributed by atoms with Gasteiger partial charge in [0.1, 0.15) is 0 Å². The van der Waals surface area contributed by atoms with E-state index in [1.54, 1.807) is 0 Å². The Morgan fingerprint density at radius 2 is 1.73 bits per heavy atom. The Hall–Kier alpha value is 0.274. The van der Waals surface area contributed by atoms with Gasteiger partial charge in [0.05, 0.1) is 0 Å². The van der Waals surface area contributed by atoms with E-state index in [-0.39, 0.29) is 37.2 Å². The molecule has 0 saturated heterocycles. The zero-order valence-electron chi connectivity index (χ0n) is 8.24. The molecule has 0 saturated carbocycles. The third-order valence-electron chi connectivity index (χ3n) is 2.01. The summed E-state index contributed by atoms with van der Waals surface area (Å²) in [7, 11) is 0. The summed E-state index contributed by atoms with van der Waals surface area (Å²) in [5.74, 6) is 0. The number of nitrogens with one attached hydrogen (secondary N) is 1. The Balaban J connectivity index is 0. The minimum atomic E-state index is 0. The van der Waals surface area contributed by atoms with Gasteiger partial charge >= 0.3 is 82.6 Å². The SMILES string of the molecule is Cc1cc(C)c2[nH]n[c]([Ti+3])c2c1.[Cl-].[Cl-].[Cl-]. The van der Waals surface area contributed by atoms with Gasteiger partial charge in [-0.3, -0.25) is 0 Å². The van der Waals surface area contributed by atoms with Gasteiger partial charge in [-0.15, -0.1) is 0 Å².